The monoisotopic (exact) mass is 491 g/mol. The fraction of sp³-hybridized carbons (Fsp3) is 0.409. The van der Waals surface area contributed by atoms with Crippen LogP contribution in [0.4, 0.5) is 24.7 Å². The smallest absolute Gasteiger partial charge is 0.405 e. The van der Waals surface area contributed by atoms with Gasteiger partial charge in [0.05, 0.1) is 11.7 Å². The molecule has 35 heavy (non-hydrogen) atoms. The van der Waals surface area contributed by atoms with E-state index in [1.165, 1.54) is 18.3 Å². The quantitative estimate of drug-likeness (QED) is 0.453. The minimum atomic E-state index is -4.40. The number of hydrogen-bond acceptors (Lipinski definition) is 7. The molecule has 1 saturated carbocycles. The van der Waals surface area contributed by atoms with Crippen molar-refractivity contribution in [2.24, 2.45) is 11.7 Å². The Balaban J connectivity index is 1.48. The number of primary amides is 1. The van der Waals surface area contributed by atoms with Crippen LogP contribution in [0.3, 0.4) is 0 Å². The highest BCUT2D eigenvalue weighted by Gasteiger charge is 2.27. The molecule has 1 fully saturated rings. The maximum Gasteiger partial charge on any atom is 0.405 e. The van der Waals surface area contributed by atoms with Crippen molar-refractivity contribution < 1.29 is 27.2 Å². The molecule has 0 saturated heterocycles. The number of halogens is 3. The van der Waals surface area contributed by atoms with Gasteiger partial charge in [-0.2, -0.15) is 18.3 Å². The average Bonchev–Trinajstić information content (AvgIpc) is 3.46. The molecule has 1 aliphatic carbocycles. The third-order valence-corrected chi connectivity index (χ3v) is 5.79. The molecule has 13 heteroatoms. The summed E-state index contributed by atoms with van der Waals surface area (Å²) in [5, 5.41) is 9.05. The lowest BCUT2D eigenvalue weighted by atomic mass is 9.87. The van der Waals surface area contributed by atoms with Crippen molar-refractivity contribution in [1.82, 2.24) is 19.7 Å². The van der Waals surface area contributed by atoms with E-state index in [2.05, 4.69) is 32.6 Å². The Bertz CT molecular complexity index is 1210. The molecular weight excluding hydrogens is 467 g/mol. The molecule has 4 rings (SSSR count). The highest BCUT2D eigenvalue weighted by atomic mass is 19.4. The third kappa shape index (κ3) is 5.97. The molecule has 186 valence electrons. The summed E-state index contributed by atoms with van der Waals surface area (Å²) in [6, 6.07) is 2.91. The lowest BCUT2D eigenvalue weighted by Gasteiger charge is -2.26. The molecule has 3 aromatic heterocycles. The van der Waals surface area contributed by atoms with Crippen molar-refractivity contribution in [3.05, 3.63) is 42.2 Å². The molecule has 0 atom stereocenters. The number of nitrogens with one attached hydrogen (secondary N) is 2. The predicted octanol–water partition coefficient (Wildman–Crippen LogP) is 4.01. The van der Waals surface area contributed by atoms with Gasteiger partial charge in [0.1, 0.15) is 18.6 Å². The average molecular weight is 491 g/mol. The summed E-state index contributed by atoms with van der Waals surface area (Å²) >= 11 is 0. The van der Waals surface area contributed by atoms with Crippen LogP contribution in [0.2, 0.25) is 0 Å². The van der Waals surface area contributed by atoms with Crippen LogP contribution in [0.25, 0.3) is 11.5 Å². The van der Waals surface area contributed by atoms with Crippen LogP contribution in [0, 0.1) is 5.92 Å². The highest BCUT2D eigenvalue weighted by molar-refractivity contribution is 6.07. The van der Waals surface area contributed by atoms with Gasteiger partial charge in [0.15, 0.2) is 11.4 Å². The Hall–Kier alpha value is -3.90. The normalized spacial score (nSPS) is 18.3. The molecule has 0 spiro atoms. The van der Waals surface area contributed by atoms with Crippen molar-refractivity contribution in [1.29, 1.82) is 0 Å². The zero-order valence-electron chi connectivity index (χ0n) is 18.8. The molecule has 3 heterocycles. The number of aromatic nitrogens is 4. The number of amides is 2. The number of carbonyl (C=O) groups excluding carboxylic acids is 2. The summed E-state index contributed by atoms with van der Waals surface area (Å²) in [5.74, 6) is -0.826. The molecule has 3 aromatic rings. The lowest BCUT2D eigenvalue weighted by molar-refractivity contribution is -0.115. The largest absolute Gasteiger partial charge is 0.444 e. The lowest BCUT2D eigenvalue weighted by Crippen LogP contribution is -2.21. The Kier molecular flexibility index (Phi) is 6.76. The Morgan fingerprint density at radius 2 is 2.00 bits per heavy atom. The van der Waals surface area contributed by atoms with Gasteiger partial charge in [0.25, 0.3) is 11.8 Å². The minimum Gasteiger partial charge on any atom is -0.444 e. The van der Waals surface area contributed by atoms with Crippen molar-refractivity contribution in [2.75, 3.05) is 17.2 Å². The molecule has 4 N–H and O–H groups in total. The maximum atomic E-state index is 12.8. The van der Waals surface area contributed by atoms with E-state index in [1.807, 2.05) is 0 Å². The van der Waals surface area contributed by atoms with Gasteiger partial charge in [0.2, 0.25) is 5.89 Å². The van der Waals surface area contributed by atoms with E-state index in [1.54, 1.807) is 10.9 Å². The maximum absolute atomic E-state index is 12.8. The molecule has 2 amide bonds. The van der Waals surface area contributed by atoms with Crippen molar-refractivity contribution in [3.63, 3.8) is 0 Å². The summed E-state index contributed by atoms with van der Waals surface area (Å²) in [4.78, 5) is 32.6. The van der Waals surface area contributed by atoms with E-state index in [9.17, 15) is 22.8 Å². The Morgan fingerprint density at radius 3 is 2.69 bits per heavy atom. The fourth-order valence-corrected chi connectivity index (χ4v) is 3.91. The third-order valence-electron chi connectivity index (χ3n) is 5.79. The van der Waals surface area contributed by atoms with Crippen molar-refractivity contribution in [2.45, 2.75) is 44.8 Å². The summed E-state index contributed by atoms with van der Waals surface area (Å²) in [5.41, 5.74) is 5.78. The number of anilines is 2. The van der Waals surface area contributed by atoms with Gasteiger partial charge in [-0.25, -0.2) is 9.97 Å². The van der Waals surface area contributed by atoms with Gasteiger partial charge < -0.3 is 20.8 Å². The van der Waals surface area contributed by atoms with Crippen LogP contribution in [-0.4, -0.2) is 44.3 Å². The zero-order chi connectivity index (χ0) is 25.2. The first kappa shape index (κ1) is 24.2. The summed E-state index contributed by atoms with van der Waals surface area (Å²) in [6.07, 6.45) is 3.48. The number of oxazole rings is 1. The van der Waals surface area contributed by atoms with Gasteiger partial charge in [0, 0.05) is 18.0 Å². The molecule has 0 aliphatic heterocycles. The number of carbonyl (C=O) groups is 2. The zero-order valence-corrected chi connectivity index (χ0v) is 18.8. The first-order valence-electron chi connectivity index (χ1n) is 11.0. The van der Waals surface area contributed by atoms with Crippen LogP contribution >= 0.6 is 0 Å². The number of hydrogen-bond donors (Lipinski definition) is 3. The number of alkyl halides is 3. The number of nitrogens with zero attached hydrogens (tertiary/aromatic N) is 4. The van der Waals surface area contributed by atoms with Crippen molar-refractivity contribution >= 4 is 23.3 Å². The second-order valence-electron chi connectivity index (χ2n) is 8.54. The topological polar surface area (TPSA) is 141 Å². The Morgan fingerprint density at radius 1 is 1.26 bits per heavy atom. The van der Waals surface area contributed by atoms with Crippen LogP contribution in [0.1, 0.15) is 59.6 Å². The summed E-state index contributed by atoms with van der Waals surface area (Å²) in [7, 11) is 0. The summed E-state index contributed by atoms with van der Waals surface area (Å²) < 4.78 is 44.3. The predicted molar refractivity (Wildman–Crippen MR) is 120 cm³/mol. The first-order valence-corrected chi connectivity index (χ1v) is 11.0. The van der Waals surface area contributed by atoms with Crippen LogP contribution in [-0.2, 0) is 0 Å². The molecule has 0 bridgehead atoms. The van der Waals surface area contributed by atoms with Gasteiger partial charge in [-0.15, -0.1) is 0 Å². The SMILES string of the molecule is CC1CCC(n2cc(NC(=O)c3coc(-c4ccnc(NCC(F)(F)F)c4)n3)c(C(N)=O)n2)CC1. The standard InChI is InChI=1S/C22H24F3N7O3/c1-12-2-4-14(5-3-12)32-9-15(18(31-32)19(26)33)29-20(34)16-10-35-21(30-16)13-6-7-27-17(8-13)28-11-22(23,24)25/h6-10,12,14H,2-5,11H2,1H3,(H2,26,33)(H,27,28)(H,29,34). The molecule has 0 aromatic carbocycles. The van der Waals surface area contributed by atoms with Gasteiger partial charge in [-0.1, -0.05) is 6.92 Å². The first-order chi connectivity index (χ1) is 16.6. The highest BCUT2D eigenvalue weighted by Crippen LogP contribution is 2.32. The summed E-state index contributed by atoms with van der Waals surface area (Å²) in [6.45, 7) is 0.941. The number of pyridine rings is 1. The van der Waals surface area contributed by atoms with E-state index < -0.39 is 24.5 Å². The van der Waals surface area contributed by atoms with Crippen LogP contribution < -0.4 is 16.4 Å². The second-order valence-corrected chi connectivity index (χ2v) is 8.54. The molecular formula is C22H24F3N7O3. The minimum absolute atomic E-state index is 0.00903. The van der Waals surface area contributed by atoms with E-state index >= 15 is 0 Å². The molecule has 0 radical (unpaired) electrons. The van der Waals surface area contributed by atoms with Gasteiger partial charge in [-0.05, 0) is 43.7 Å². The van der Waals surface area contributed by atoms with Gasteiger partial charge >= 0.3 is 6.18 Å². The fourth-order valence-electron chi connectivity index (χ4n) is 3.91. The van der Waals surface area contributed by atoms with E-state index in [4.69, 9.17) is 10.2 Å². The van der Waals surface area contributed by atoms with Gasteiger partial charge in [-0.3, -0.25) is 14.3 Å². The number of nitrogens with two attached hydrogens (primary N) is 1. The van der Waals surface area contributed by atoms with E-state index in [0.717, 1.165) is 31.9 Å². The molecule has 0 unspecified atom stereocenters. The van der Waals surface area contributed by atoms with E-state index in [-0.39, 0.29) is 34.8 Å². The Labute approximate surface area is 198 Å². The molecule has 1 aliphatic rings. The number of rotatable bonds is 7. The van der Waals surface area contributed by atoms with Crippen molar-refractivity contribution in [3.8, 4) is 11.5 Å². The molecule has 10 nitrogen and oxygen atoms in total. The van der Waals surface area contributed by atoms with Crippen LogP contribution in [0.5, 0.6) is 0 Å². The second kappa shape index (κ2) is 9.76. The van der Waals surface area contributed by atoms with E-state index in [0.29, 0.717) is 11.5 Å². The van der Waals surface area contributed by atoms with Crippen LogP contribution in [0.15, 0.2) is 35.2 Å².